The maximum Gasteiger partial charge on any atom is 0.0255 e. The highest BCUT2D eigenvalue weighted by atomic mass is 15.3. The first kappa shape index (κ1) is 15.8. The van der Waals surface area contributed by atoms with E-state index in [0.717, 1.165) is 18.1 Å². The minimum absolute atomic E-state index is 0.530. The molecule has 0 aromatic rings. The van der Waals surface area contributed by atoms with Crippen LogP contribution in [0.5, 0.6) is 0 Å². The molecule has 0 aromatic heterocycles. The van der Waals surface area contributed by atoms with E-state index in [1.54, 1.807) is 0 Å². The highest BCUT2D eigenvalue weighted by Crippen LogP contribution is 2.38. The van der Waals surface area contributed by atoms with Crippen molar-refractivity contribution < 1.29 is 0 Å². The van der Waals surface area contributed by atoms with Crippen LogP contribution < -0.4 is 5.32 Å². The first-order valence-electron chi connectivity index (χ1n) is 9.30. The van der Waals surface area contributed by atoms with Crippen LogP contribution in [0.15, 0.2) is 0 Å². The zero-order valence-corrected chi connectivity index (χ0v) is 14.4. The van der Waals surface area contributed by atoms with Gasteiger partial charge in [-0.25, -0.2) is 0 Å². The molecule has 1 saturated carbocycles. The van der Waals surface area contributed by atoms with Gasteiger partial charge in [0.05, 0.1) is 0 Å². The predicted molar refractivity (Wildman–Crippen MR) is 89.7 cm³/mol. The lowest BCUT2D eigenvalue weighted by atomic mass is 9.72. The SMILES string of the molecule is CCCNC1CCC(C)(C)CC1N1CCN2CCCC2C1. The van der Waals surface area contributed by atoms with E-state index >= 15 is 0 Å². The molecule has 3 heteroatoms. The molecule has 0 aromatic carbocycles. The van der Waals surface area contributed by atoms with E-state index in [-0.39, 0.29) is 0 Å². The van der Waals surface area contributed by atoms with Crippen LogP contribution in [-0.2, 0) is 0 Å². The third-order valence-electron chi connectivity index (χ3n) is 6.10. The molecule has 3 aliphatic rings. The molecule has 1 aliphatic carbocycles. The Balaban J connectivity index is 1.66. The fourth-order valence-electron chi connectivity index (χ4n) is 4.82. The summed E-state index contributed by atoms with van der Waals surface area (Å²) in [6.45, 7) is 13.7. The van der Waals surface area contributed by atoms with Gasteiger partial charge in [0.25, 0.3) is 0 Å². The minimum atomic E-state index is 0.530. The molecule has 0 spiro atoms. The molecule has 3 rings (SSSR count). The molecule has 0 radical (unpaired) electrons. The van der Waals surface area contributed by atoms with Crippen LogP contribution in [-0.4, -0.2) is 60.6 Å². The van der Waals surface area contributed by atoms with Crippen molar-refractivity contribution in [2.75, 3.05) is 32.7 Å². The lowest BCUT2D eigenvalue weighted by Gasteiger charge is -2.49. The smallest absolute Gasteiger partial charge is 0.0255 e. The minimum Gasteiger partial charge on any atom is -0.312 e. The van der Waals surface area contributed by atoms with Crippen molar-refractivity contribution >= 4 is 0 Å². The van der Waals surface area contributed by atoms with Gasteiger partial charge in [-0.05, 0) is 57.0 Å². The molecular weight excluding hydrogens is 258 g/mol. The summed E-state index contributed by atoms with van der Waals surface area (Å²) in [6.07, 6.45) is 8.23. The van der Waals surface area contributed by atoms with Crippen molar-refractivity contribution in [2.45, 2.75) is 77.4 Å². The van der Waals surface area contributed by atoms with E-state index in [2.05, 4.69) is 35.9 Å². The summed E-state index contributed by atoms with van der Waals surface area (Å²) < 4.78 is 0. The van der Waals surface area contributed by atoms with Gasteiger partial charge in [-0.3, -0.25) is 9.80 Å². The van der Waals surface area contributed by atoms with Crippen molar-refractivity contribution in [2.24, 2.45) is 5.41 Å². The zero-order chi connectivity index (χ0) is 14.9. The highest BCUT2D eigenvalue weighted by molar-refractivity contribution is 4.98. The second-order valence-corrected chi connectivity index (χ2v) is 8.36. The standard InChI is InChI=1S/C18H35N3/c1-4-9-19-16-7-8-18(2,3)13-17(16)21-12-11-20-10-5-6-15(20)14-21/h15-17,19H,4-14H2,1-3H3. The van der Waals surface area contributed by atoms with E-state index < -0.39 is 0 Å². The second-order valence-electron chi connectivity index (χ2n) is 8.36. The summed E-state index contributed by atoms with van der Waals surface area (Å²) in [5, 5.41) is 3.86. The zero-order valence-electron chi connectivity index (χ0n) is 14.4. The Morgan fingerprint density at radius 2 is 1.90 bits per heavy atom. The van der Waals surface area contributed by atoms with Gasteiger partial charge in [-0.2, -0.15) is 0 Å². The molecule has 0 bridgehead atoms. The van der Waals surface area contributed by atoms with Crippen LogP contribution in [0.4, 0.5) is 0 Å². The van der Waals surface area contributed by atoms with Crippen LogP contribution in [0.3, 0.4) is 0 Å². The van der Waals surface area contributed by atoms with Crippen molar-refractivity contribution in [1.82, 2.24) is 15.1 Å². The third-order valence-corrected chi connectivity index (χ3v) is 6.10. The number of hydrogen-bond donors (Lipinski definition) is 1. The quantitative estimate of drug-likeness (QED) is 0.860. The van der Waals surface area contributed by atoms with Gasteiger partial charge in [-0.15, -0.1) is 0 Å². The summed E-state index contributed by atoms with van der Waals surface area (Å²) in [5.74, 6) is 0. The summed E-state index contributed by atoms with van der Waals surface area (Å²) in [7, 11) is 0. The van der Waals surface area contributed by atoms with E-state index in [1.165, 1.54) is 71.2 Å². The Kier molecular flexibility index (Phi) is 4.92. The van der Waals surface area contributed by atoms with Gasteiger partial charge in [0.2, 0.25) is 0 Å². The largest absolute Gasteiger partial charge is 0.312 e. The molecule has 3 atom stereocenters. The molecule has 21 heavy (non-hydrogen) atoms. The van der Waals surface area contributed by atoms with Gasteiger partial charge in [0, 0.05) is 37.8 Å². The molecule has 3 unspecified atom stereocenters. The molecule has 2 saturated heterocycles. The Morgan fingerprint density at radius 1 is 1.10 bits per heavy atom. The van der Waals surface area contributed by atoms with E-state index in [0.29, 0.717) is 5.41 Å². The number of nitrogens with one attached hydrogen (secondary N) is 1. The Labute approximate surface area is 131 Å². The summed E-state index contributed by atoms with van der Waals surface area (Å²) in [4.78, 5) is 5.58. The number of hydrogen-bond acceptors (Lipinski definition) is 3. The van der Waals surface area contributed by atoms with E-state index in [1.807, 2.05) is 0 Å². The topological polar surface area (TPSA) is 18.5 Å². The average Bonchev–Trinajstić information content (AvgIpc) is 2.92. The van der Waals surface area contributed by atoms with Gasteiger partial charge >= 0.3 is 0 Å². The second kappa shape index (κ2) is 6.55. The van der Waals surface area contributed by atoms with Gasteiger partial charge in [0.15, 0.2) is 0 Å². The molecule has 1 N–H and O–H groups in total. The number of piperazine rings is 1. The number of nitrogens with zero attached hydrogens (tertiary/aromatic N) is 2. The fraction of sp³-hybridized carbons (Fsp3) is 1.00. The van der Waals surface area contributed by atoms with Crippen LogP contribution in [0.2, 0.25) is 0 Å². The average molecular weight is 293 g/mol. The molecular formula is C18H35N3. The monoisotopic (exact) mass is 293 g/mol. The normalized spacial score (nSPS) is 37.6. The predicted octanol–water partition coefficient (Wildman–Crippen LogP) is 2.71. The third kappa shape index (κ3) is 3.62. The maximum atomic E-state index is 3.86. The van der Waals surface area contributed by atoms with Gasteiger partial charge in [-0.1, -0.05) is 20.8 Å². The lowest BCUT2D eigenvalue weighted by Crippen LogP contribution is -2.60. The Hall–Kier alpha value is -0.120. The van der Waals surface area contributed by atoms with Crippen molar-refractivity contribution in [3.8, 4) is 0 Å². The first-order valence-corrected chi connectivity index (χ1v) is 9.30. The fourth-order valence-corrected chi connectivity index (χ4v) is 4.82. The molecule has 122 valence electrons. The van der Waals surface area contributed by atoms with Crippen molar-refractivity contribution in [3.05, 3.63) is 0 Å². The van der Waals surface area contributed by atoms with E-state index in [9.17, 15) is 0 Å². The van der Waals surface area contributed by atoms with Crippen molar-refractivity contribution in [1.29, 1.82) is 0 Å². The summed E-state index contributed by atoms with van der Waals surface area (Å²) in [6, 6.07) is 2.35. The molecule has 0 amide bonds. The molecule has 2 heterocycles. The van der Waals surface area contributed by atoms with Crippen molar-refractivity contribution in [3.63, 3.8) is 0 Å². The van der Waals surface area contributed by atoms with Gasteiger partial charge < -0.3 is 5.32 Å². The van der Waals surface area contributed by atoms with Gasteiger partial charge in [0.1, 0.15) is 0 Å². The van der Waals surface area contributed by atoms with Crippen LogP contribution >= 0.6 is 0 Å². The van der Waals surface area contributed by atoms with Crippen LogP contribution in [0.25, 0.3) is 0 Å². The number of fused-ring (bicyclic) bond motifs is 1. The van der Waals surface area contributed by atoms with Crippen LogP contribution in [0.1, 0.15) is 59.3 Å². The summed E-state index contributed by atoms with van der Waals surface area (Å²) in [5.41, 5.74) is 0.530. The Bertz CT molecular complexity index is 341. The number of rotatable bonds is 4. The van der Waals surface area contributed by atoms with Crippen LogP contribution in [0, 0.1) is 5.41 Å². The molecule has 3 fully saturated rings. The first-order chi connectivity index (χ1) is 10.1. The Morgan fingerprint density at radius 3 is 2.71 bits per heavy atom. The molecule has 3 nitrogen and oxygen atoms in total. The maximum absolute atomic E-state index is 3.86. The lowest BCUT2D eigenvalue weighted by molar-refractivity contribution is 0.0152. The van der Waals surface area contributed by atoms with E-state index in [4.69, 9.17) is 0 Å². The highest BCUT2D eigenvalue weighted by Gasteiger charge is 2.41. The molecule has 2 aliphatic heterocycles. The summed E-state index contributed by atoms with van der Waals surface area (Å²) >= 11 is 0.